The van der Waals surface area contributed by atoms with Crippen LogP contribution in [0, 0.1) is 13.8 Å². The highest BCUT2D eigenvalue weighted by atomic mass is 19.4. The molecule has 9 heteroatoms. The summed E-state index contributed by atoms with van der Waals surface area (Å²) in [5, 5.41) is 7.83. The molecule has 0 radical (unpaired) electrons. The Hall–Kier alpha value is -3.36. The molecule has 0 aliphatic carbocycles. The van der Waals surface area contributed by atoms with Gasteiger partial charge in [0, 0.05) is 53.2 Å². The van der Waals surface area contributed by atoms with Crippen LogP contribution in [0.3, 0.4) is 0 Å². The maximum atomic E-state index is 12.9. The van der Waals surface area contributed by atoms with Crippen LogP contribution < -0.4 is 15.5 Å². The van der Waals surface area contributed by atoms with Gasteiger partial charge in [-0.3, -0.25) is 9.97 Å². The lowest BCUT2D eigenvalue weighted by atomic mass is 10.0. The van der Waals surface area contributed by atoms with Crippen molar-refractivity contribution in [1.82, 2.24) is 15.3 Å². The zero-order valence-electron chi connectivity index (χ0n) is 17.8. The standard InChI is InChI=1S/C23H24F3N5O/c1-14-12-19-18(15(2)28-14)4-3-5-20(19)30-22(32)29-16-7-10-31(11-8-16)17-6-9-27-21(13-17)23(24,25)26/h3-6,9,12-13,16H,7-8,10-11H2,1-2H3,(H2,29,30,32). The fraction of sp³-hybridized carbons (Fsp3) is 0.348. The number of nitrogens with zero attached hydrogens (tertiary/aromatic N) is 3. The summed E-state index contributed by atoms with van der Waals surface area (Å²) in [5.74, 6) is 0. The molecule has 0 bridgehead atoms. The Kier molecular flexibility index (Phi) is 5.90. The number of nitrogens with one attached hydrogen (secondary N) is 2. The van der Waals surface area contributed by atoms with E-state index in [4.69, 9.17) is 0 Å². The fourth-order valence-electron chi connectivity index (χ4n) is 4.11. The smallest absolute Gasteiger partial charge is 0.371 e. The van der Waals surface area contributed by atoms with E-state index in [1.807, 2.05) is 43.0 Å². The van der Waals surface area contributed by atoms with Crippen molar-refractivity contribution in [2.45, 2.75) is 38.9 Å². The highest BCUT2D eigenvalue weighted by Crippen LogP contribution is 2.31. The molecule has 1 aromatic carbocycles. The van der Waals surface area contributed by atoms with Gasteiger partial charge in [0.2, 0.25) is 0 Å². The Labute approximate surface area is 183 Å². The third kappa shape index (κ3) is 4.76. The second kappa shape index (κ2) is 8.64. The maximum Gasteiger partial charge on any atom is 0.433 e. The molecule has 32 heavy (non-hydrogen) atoms. The summed E-state index contributed by atoms with van der Waals surface area (Å²) in [6, 6.07) is 9.94. The number of hydrogen-bond donors (Lipinski definition) is 2. The third-order valence-corrected chi connectivity index (χ3v) is 5.67. The Balaban J connectivity index is 1.37. The summed E-state index contributed by atoms with van der Waals surface area (Å²) in [4.78, 5) is 22.4. The van der Waals surface area contributed by atoms with Crippen molar-refractivity contribution >= 4 is 28.2 Å². The molecule has 3 aromatic rings. The lowest BCUT2D eigenvalue weighted by Gasteiger charge is -2.34. The molecule has 1 saturated heterocycles. The van der Waals surface area contributed by atoms with Crippen LogP contribution in [0.1, 0.15) is 29.9 Å². The number of carbonyl (C=O) groups is 1. The van der Waals surface area contributed by atoms with E-state index in [1.165, 1.54) is 6.20 Å². The first-order chi connectivity index (χ1) is 15.2. The van der Waals surface area contributed by atoms with Crippen LogP contribution in [-0.4, -0.2) is 35.1 Å². The van der Waals surface area contributed by atoms with E-state index in [0.717, 1.165) is 28.2 Å². The number of rotatable bonds is 3. The number of fused-ring (bicyclic) bond motifs is 1. The van der Waals surface area contributed by atoms with Crippen molar-refractivity contribution in [3.05, 3.63) is 59.7 Å². The molecular formula is C23H24F3N5O. The van der Waals surface area contributed by atoms with Gasteiger partial charge in [-0.25, -0.2) is 4.79 Å². The number of aromatic nitrogens is 2. The molecule has 3 heterocycles. The second-order valence-corrected chi connectivity index (χ2v) is 8.01. The Morgan fingerprint density at radius 3 is 2.56 bits per heavy atom. The van der Waals surface area contributed by atoms with Gasteiger partial charge in [-0.2, -0.15) is 13.2 Å². The van der Waals surface area contributed by atoms with Crippen LogP contribution in [0.15, 0.2) is 42.6 Å². The van der Waals surface area contributed by atoms with Crippen molar-refractivity contribution < 1.29 is 18.0 Å². The number of aryl methyl sites for hydroxylation is 2. The molecule has 1 aliphatic rings. The van der Waals surface area contributed by atoms with Gasteiger partial charge < -0.3 is 15.5 Å². The summed E-state index contributed by atoms with van der Waals surface area (Å²) in [6.07, 6.45) is -2.02. The van der Waals surface area contributed by atoms with Crippen LogP contribution in [0.25, 0.3) is 10.8 Å². The third-order valence-electron chi connectivity index (χ3n) is 5.67. The zero-order chi connectivity index (χ0) is 22.9. The summed E-state index contributed by atoms with van der Waals surface area (Å²) in [7, 11) is 0. The minimum atomic E-state index is -4.47. The van der Waals surface area contributed by atoms with Crippen molar-refractivity contribution in [2.75, 3.05) is 23.3 Å². The Bertz CT molecular complexity index is 1140. The molecule has 2 aromatic heterocycles. The topological polar surface area (TPSA) is 70.2 Å². The summed E-state index contributed by atoms with van der Waals surface area (Å²) >= 11 is 0. The molecular weight excluding hydrogens is 419 g/mol. The first-order valence-corrected chi connectivity index (χ1v) is 10.4. The van der Waals surface area contributed by atoms with Gasteiger partial charge in [0.25, 0.3) is 0 Å². The van der Waals surface area contributed by atoms with E-state index < -0.39 is 11.9 Å². The van der Waals surface area contributed by atoms with E-state index in [2.05, 4.69) is 20.6 Å². The van der Waals surface area contributed by atoms with E-state index in [-0.39, 0.29) is 12.1 Å². The Morgan fingerprint density at radius 1 is 1.09 bits per heavy atom. The minimum absolute atomic E-state index is 0.0599. The van der Waals surface area contributed by atoms with Crippen molar-refractivity contribution in [2.24, 2.45) is 0 Å². The van der Waals surface area contributed by atoms with Gasteiger partial charge in [0.15, 0.2) is 0 Å². The lowest BCUT2D eigenvalue weighted by Crippen LogP contribution is -2.46. The lowest BCUT2D eigenvalue weighted by molar-refractivity contribution is -0.141. The number of anilines is 2. The molecule has 1 aliphatic heterocycles. The van der Waals surface area contributed by atoms with Gasteiger partial charge in [-0.1, -0.05) is 12.1 Å². The first kappa shape index (κ1) is 21.9. The minimum Gasteiger partial charge on any atom is -0.371 e. The number of hydrogen-bond acceptors (Lipinski definition) is 4. The van der Waals surface area contributed by atoms with E-state index in [9.17, 15) is 18.0 Å². The van der Waals surface area contributed by atoms with Gasteiger partial charge >= 0.3 is 12.2 Å². The summed E-state index contributed by atoms with van der Waals surface area (Å²) < 4.78 is 38.8. The van der Waals surface area contributed by atoms with Crippen LogP contribution in [0.2, 0.25) is 0 Å². The molecule has 0 unspecified atom stereocenters. The average molecular weight is 443 g/mol. The average Bonchev–Trinajstić information content (AvgIpc) is 2.74. The van der Waals surface area contributed by atoms with Gasteiger partial charge in [0.05, 0.1) is 5.69 Å². The zero-order valence-corrected chi connectivity index (χ0v) is 17.8. The normalized spacial score (nSPS) is 15.1. The predicted octanol–water partition coefficient (Wildman–Crippen LogP) is 5.06. The number of amides is 2. The van der Waals surface area contributed by atoms with Gasteiger partial charge in [0.1, 0.15) is 5.69 Å². The number of halogens is 3. The molecule has 2 N–H and O–H groups in total. The van der Waals surface area contributed by atoms with E-state index in [1.54, 1.807) is 6.07 Å². The number of benzene rings is 1. The first-order valence-electron chi connectivity index (χ1n) is 10.4. The van der Waals surface area contributed by atoms with E-state index >= 15 is 0 Å². The van der Waals surface area contributed by atoms with Crippen molar-refractivity contribution in [3.63, 3.8) is 0 Å². The van der Waals surface area contributed by atoms with Gasteiger partial charge in [-0.15, -0.1) is 0 Å². The molecule has 0 atom stereocenters. The second-order valence-electron chi connectivity index (χ2n) is 8.01. The van der Waals surface area contributed by atoms with Crippen molar-refractivity contribution in [1.29, 1.82) is 0 Å². The van der Waals surface area contributed by atoms with Crippen LogP contribution >= 0.6 is 0 Å². The van der Waals surface area contributed by atoms with Gasteiger partial charge in [-0.05, 0) is 51.0 Å². The van der Waals surface area contributed by atoms with Crippen LogP contribution in [-0.2, 0) is 6.18 Å². The SMILES string of the molecule is Cc1cc2c(NC(=O)NC3CCN(c4ccnc(C(F)(F)F)c4)CC3)cccc2c(C)n1. The molecule has 6 nitrogen and oxygen atoms in total. The van der Waals surface area contributed by atoms with Crippen LogP contribution in [0.4, 0.5) is 29.3 Å². The van der Waals surface area contributed by atoms with Crippen molar-refractivity contribution in [3.8, 4) is 0 Å². The molecule has 168 valence electrons. The molecule has 2 amide bonds. The quantitative estimate of drug-likeness (QED) is 0.594. The molecule has 0 saturated carbocycles. The summed E-state index contributed by atoms with van der Waals surface area (Å²) in [6.45, 7) is 4.94. The number of urea groups is 1. The molecule has 1 fully saturated rings. The predicted molar refractivity (Wildman–Crippen MR) is 118 cm³/mol. The number of piperidine rings is 1. The monoisotopic (exact) mass is 443 g/mol. The number of pyridine rings is 2. The highest BCUT2D eigenvalue weighted by molar-refractivity contribution is 6.02. The highest BCUT2D eigenvalue weighted by Gasteiger charge is 2.33. The maximum absolute atomic E-state index is 12.9. The number of alkyl halides is 3. The largest absolute Gasteiger partial charge is 0.433 e. The van der Waals surface area contributed by atoms with Crippen LogP contribution in [0.5, 0.6) is 0 Å². The molecule has 4 rings (SSSR count). The van der Waals surface area contributed by atoms with E-state index in [0.29, 0.717) is 37.3 Å². The number of carbonyl (C=O) groups excluding carboxylic acids is 1. The summed E-state index contributed by atoms with van der Waals surface area (Å²) in [5.41, 5.74) is 2.08. The Morgan fingerprint density at radius 2 is 1.84 bits per heavy atom. The molecule has 0 spiro atoms. The fourth-order valence-corrected chi connectivity index (χ4v) is 4.11.